The summed E-state index contributed by atoms with van der Waals surface area (Å²) in [5.41, 5.74) is -0.0485. The second-order valence-electron chi connectivity index (χ2n) is 3.30. The first-order valence-corrected chi connectivity index (χ1v) is 3.94. The van der Waals surface area contributed by atoms with Gasteiger partial charge in [-0.3, -0.25) is 0 Å². The Balaban J connectivity index is 2.44. The molecule has 1 atom stereocenters. The van der Waals surface area contributed by atoms with E-state index in [4.69, 9.17) is 5.11 Å². The van der Waals surface area contributed by atoms with Gasteiger partial charge in [0.15, 0.2) is 0 Å². The number of nitrogens with one attached hydrogen (secondary N) is 1. The van der Waals surface area contributed by atoms with Crippen molar-refractivity contribution in [3.63, 3.8) is 0 Å². The highest BCUT2D eigenvalue weighted by Gasteiger charge is 2.21. The molecule has 0 fully saturated rings. The molecule has 0 heterocycles. The van der Waals surface area contributed by atoms with E-state index in [1.165, 1.54) is 0 Å². The van der Waals surface area contributed by atoms with Gasteiger partial charge in [-0.15, -0.1) is 0 Å². The Morgan fingerprint density at radius 2 is 2.42 bits per heavy atom. The molecule has 1 rings (SSSR count). The smallest absolute Gasteiger partial charge is 0.404 e. The van der Waals surface area contributed by atoms with Gasteiger partial charge in [0.05, 0.1) is 0 Å². The van der Waals surface area contributed by atoms with E-state index in [0.717, 1.165) is 6.42 Å². The lowest BCUT2D eigenvalue weighted by molar-refractivity contribution is 0.190. The lowest BCUT2D eigenvalue weighted by Gasteiger charge is -2.25. The van der Waals surface area contributed by atoms with Gasteiger partial charge < -0.3 is 10.4 Å². The molecule has 66 valence electrons. The SMILES string of the molecule is CC1(CNC(=O)O)C=CC=CC1. The fourth-order valence-electron chi connectivity index (χ4n) is 1.18. The summed E-state index contributed by atoms with van der Waals surface area (Å²) in [6.45, 7) is 2.51. The molecule has 0 aromatic heterocycles. The van der Waals surface area contributed by atoms with Crippen LogP contribution in [0.4, 0.5) is 4.79 Å². The molecule has 0 saturated carbocycles. The van der Waals surface area contributed by atoms with Gasteiger partial charge in [-0.1, -0.05) is 31.2 Å². The summed E-state index contributed by atoms with van der Waals surface area (Å²) in [4.78, 5) is 10.2. The summed E-state index contributed by atoms with van der Waals surface area (Å²) in [6.07, 6.45) is 7.94. The number of rotatable bonds is 2. The Hall–Kier alpha value is -1.25. The highest BCUT2D eigenvalue weighted by atomic mass is 16.4. The van der Waals surface area contributed by atoms with Crippen LogP contribution in [0.1, 0.15) is 13.3 Å². The Bertz CT molecular complexity index is 233. The van der Waals surface area contributed by atoms with Gasteiger partial charge in [-0.25, -0.2) is 4.79 Å². The molecular formula is C9H13NO2. The summed E-state index contributed by atoms with van der Waals surface area (Å²) in [5.74, 6) is 0. The van der Waals surface area contributed by atoms with E-state index >= 15 is 0 Å². The van der Waals surface area contributed by atoms with Crippen molar-refractivity contribution in [3.05, 3.63) is 24.3 Å². The minimum Gasteiger partial charge on any atom is -0.465 e. The molecule has 0 aromatic rings. The van der Waals surface area contributed by atoms with Crippen LogP contribution in [0.25, 0.3) is 0 Å². The van der Waals surface area contributed by atoms with Gasteiger partial charge >= 0.3 is 6.09 Å². The van der Waals surface area contributed by atoms with Gasteiger partial charge in [0.1, 0.15) is 0 Å². The first-order valence-electron chi connectivity index (χ1n) is 3.94. The standard InChI is InChI=1S/C9H13NO2/c1-9(7-10-8(11)12)5-3-2-4-6-9/h2-5,10H,6-7H2,1H3,(H,11,12). The van der Waals surface area contributed by atoms with Crippen molar-refractivity contribution in [1.29, 1.82) is 0 Å². The average Bonchev–Trinajstić information content (AvgIpc) is 2.03. The molecule has 12 heavy (non-hydrogen) atoms. The Kier molecular flexibility index (Phi) is 2.53. The van der Waals surface area contributed by atoms with Crippen LogP contribution in [0.15, 0.2) is 24.3 Å². The number of carboxylic acid groups (broad SMARTS) is 1. The fourth-order valence-corrected chi connectivity index (χ4v) is 1.18. The lowest BCUT2D eigenvalue weighted by Crippen LogP contribution is -2.33. The van der Waals surface area contributed by atoms with E-state index in [0.29, 0.717) is 6.54 Å². The van der Waals surface area contributed by atoms with E-state index in [2.05, 4.69) is 5.32 Å². The van der Waals surface area contributed by atoms with Gasteiger partial charge in [0.2, 0.25) is 0 Å². The first kappa shape index (κ1) is 8.84. The van der Waals surface area contributed by atoms with Crippen LogP contribution in [0.5, 0.6) is 0 Å². The first-order chi connectivity index (χ1) is 5.62. The van der Waals surface area contributed by atoms with Crippen molar-refractivity contribution in [1.82, 2.24) is 5.32 Å². The Labute approximate surface area is 71.8 Å². The normalized spacial score (nSPS) is 27.1. The predicted octanol–water partition coefficient (Wildman–Crippen LogP) is 1.78. The maximum absolute atomic E-state index is 10.2. The van der Waals surface area contributed by atoms with Crippen LogP contribution in [0.3, 0.4) is 0 Å². The molecule has 0 spiro atoms. The molecule has 0 aromatic carbocycles. The third kappa shape index (κ3) is 2.42. The van der Waals surface area contributed by atoms with Crippen LogP contribution in [0.2, 0.25) is 0 Å². The van der Waals surface area contributed by atoms with Gasteiger partial charge in [-0.2, -0.15) is 0 Å². The van der Waals surface area contributed by atoms with Gasteiger partial charge in [-0.05, 0) is 6.42 Å². The van der Waals surface area contributed by atoms with Crippen molar-refractivity contribution in [3.8, 4) is 0 Å². The van der Waals surface area contributed by atoms with Crippen LogP contribution < -0.4 is 5.32 Å². The minimum absolute atomic E-state index is 0.0485. The molecular weight excluding hydrogens is 154 g/mol. The number of hydrogen-bond donors (Lipinski definition) is 2. The molecule has 1 aliphatic carbocycles. The molecule has 0 radical (unpaired) electrons. The third-order valence-electron chi connectivity index (χ3n) is 1.97. The maximum Gasteiger partial charge on any atom is 0.404 e. The van der Waals surface area contributed by atoms with Crippen LogP contribution in [0, 0.1) is 5.41 Å². The molecule has 1 amide bonds. The maximum atomic E-state index is 10.2. The zero-order chi connectivity index (χ0) is 9.03. The number of carbonyl (C=O) groups is 1. The molecule has 0 saturated heterocycles. The number of allylic oxidation sites excluding steroid dienone is 3. The monoisotopic (exact) mass is 167 g/mol. The summed E-state index contributed by atoms with van der Waals surface area (Å²) < 4.78 is 0. The molecule has 3 heteroatoms. The van der Waals surface area contributed by atoms with Crippen molar-refractivity contribution >= 4 is 6.09 Å². The lowest BCUT2D eigenvalue weighted by atomic mass is 9.84. The molecule has 0 aliphatic heterocycles. The van der Waals surface area contributed by atoms with Crippen LogP contribution >= 0.6 is 0 Å². The zero-order valence-electron chi connectivity index (χ0n) is 7.08. The Morgan fingerprint density at radius 3 is 2.92 bits per heavy atom. The summed E-state index contributed by atoms with van der Waals surface area (Å²) in [5, 5.41) is 10.8. The van der Waals surface area contributed by atoms with E-state index in [1.807, 2.05) is 31.2 Å². The molecule has 0 bridgehead atoms. The van der Waals surface area contributed by atoms with Crippen molar-refractivity contribution in [2.24, 2.45) is 5.41 Å². The van der Waals surface area contributed by atoms with E-state index in [9.17, 15) is 4.79 Å². The minimum atomic E-state index is -0.959. The summed E-state index contributed by atoms with van der Waals surface area (Å²) >= 11 is 0. The molecule has 2 N–H and O–H groups in total. The van der Waals surface area contributed by atoms with E-state index in [1.54, 1.807) is 0 Å². The van der Waals surface area contributed by atoms with Crippen molar-refractivity contribution < 1.29 is 9.90 Å². The summed E-state index contributed by atoms with van der Waals surface area (Å²) in [7, 11) is 0. The highest BCUT2D eigenvalue weighted by molar-refractivity contribution is 5.64. The molecule has 1 aliphatic rings. The summed E-state index contributed by atoms with van der Waals surface area (Å²) in [6, 6.07) is 0. The quantitative estimate of drug-likeness (QED) is 0.658. The van der Waals surface area contributed by atoms with Gasteiger partial charge in [0.25, 0.3) is 0 Å². The van der Waals surface area contributed by atoms with Crippen LogP contribution in [-0.4, -0.2) is 17.7 Å². The highest BCUT2D eigenvalue weighted by Crippen LogP contribution is 2.25. The predicted molar refractivity (Wildman–Crippen MR) is 47.0 cm³/mol. The second-order valence-corrected chi connectivity index (χ2v) is 3.30. The molecule has 3 nitrogen and oxygen atoms in total. The topological polar surface area (TPSA) is 49.3 Å². The average molecular weight is 167 g/mol. The fraction of sp³-hybridized carbons (Fsp3) is 0.444. The van der Waals surface area contributed by atoms with Crippen molar-refractivity contribution in [2.75, 3.05) is 6.54 Å². The largest absolute Gasteiger partial charge is 0.465 e. The molecule has 1 unspecified atom stereocenters. The number of hydrogen-bond acceptors (Lipinski definition) is 1. The van der Waals surface area contributed by atoms with Gasteiger partial charge in [0, 0.05) is 12.0 Å². The second kappa shape index (κ2) is 3.43. The van der Waals surface area contributed by atoms with E-state index < -0.39 is 6.09 Å². The third-order valence-corrected chi connectivity index (χ3v) is 1.97. The van der Waals surface area contributed by atoms with Crippen LogP contribution in [-0.2, 0) is 0 Å². The zero-order valence-corrected chi connectivity index (χ0v) is 7.08. The van der Waals surface area contributed by atoms with Crippen molar-refractivity contribution in [2.45, 2.75) is 13.3 Å². The number of amides is 1. The Morgan fingerprint density at radius 1 is 1.67 bits per heavy atom. The van der Waals surface area contributed by atoms with E-state index in [-0.39, 0.29) is 5.41 Å².